The molecule has 0 spiro atoms. The monoisotopic (exact) mass is 302 g/mol. The van der Waals surface area contributed by atoms with Crippen LogP contribution >= 0.6 is 0 Å². The highest BCUT2D eigenvalue weighted by molar-refractivity contribution is 5.76. The molecule has 0 radical (unpaired) electrons. The third-order valence-corrected chi connectivity index (χ3v) is 4.83. The van der Waals surface area contributed by atoms with Crippen molar-refractivity contribution < 1.29 is 4.79 Å². The van der Waals surface area contributed by atoms with Gasteiger partial charge in [-0.05, 0) is 57.2 Å². The fourth-order valence-electron chi connectivity index (χ4n) is 3.52. The highest BCUT2D eigenvalue weighted by atomic mass is 16.2. The van der Waals surface area contributed by atoms with Crippen molar-refractivity contribution in [2.75, 3.05) is 19.6 Å². The normalized spacial score (nSPS) is 17.2. The second kappa shape index (κ2) is 8.94. The van der Waals surface area contributed by atoms with Gasteiger partial charge in [0.2, 0.25) is 5.91 Å². The first kappa shape index (κ1) is 17.0. The number of rotatable bonds is 7. The largest absolute Gasteiger partial charge is 0.336 e. The Bertz CT molecular complexity index is 440. The predicted octanol–water partition coefficient (Wildman–Crippen LogP) is 3.77. The minimum Gasteiger partial charge on any atom is -0.336 e. The van der Waals surface area contributed by atoms with E-state index in [2.05, 4.69) is 48.3 Å². The molecule has 1 fully saturated rings. The molecule has 0 aromatic heterocycles. The van der Waals surface area contributed by atoms with Gasteiger partial charge in [0.1, 0.15) is 0 Å². The lowest BCUT2D eigenvalue weighted by Gasteiger charge is -2.31. The van der Waals surface area contributed by atoms with Crippen molar-refractivity contribution in [2.24, 2.45) is 5.92 Å². The fraction of sp³-hybridized carbons (Fsp3) is 0.632. The summed E-state index contributed by atoms with van der Waals surface area (Å²) in [5.74, 6) is 1.04. The van der Waals surface area contributed by atoms with Crippen LogP contribution in [0.2, 0.25) is 0 Å². The zero-order chi connectivity index (χ0) is 15.8. The van der Waals surface area contributed by atoms with E-state index in [1.54, 1.807) is 0 Å². The lowest BCUT2D eigenvalue weighted by Crippen LogP contribution is -2.35. The van der Waals surface area contributed by atoms with E-state index in [0.29, 0.717) is 12.3 Å². The zero-order valence-corrected chi connectivity index (χ0v) is 14.1. The van der Waals surface area contributed by atoms with Gasteiger partial charge in [-0.1, -0.05) is 37.3 Å². The van der Waals surface area contributed by atoms with Crippen molar-refractivity contribution in [3.8, 4) is 0 Å². The lowest BCUT2D eigenvalue weighted by atomic mass is 9.92. The third kappa shape index (κ3) is 4.57. The Morgan fingerprint density at radius 3 is 2.50 bits per heavy atom. The standard InChI is InChI=1S/C19H30N2O/c1-3-18(17-8-6-5-7-9-17)21(4-2)19(22)11-10-16-12-14-20-15-13-16/h5-9,16,18,20H,3-4,10-15H2,1-2H3. The number of hydrogen-bond acceptors (Lipinski definition) is 2. The molecular formula is C19H30N2O. The Balaban J connectivity index is 1.94. The molecule has 0 aliphatic carbocycles. The molecule has 22 heavy (non-hydrogen) atoms. The molecule has 122 valence electrons. The smallest absolute Gasteiger partial charge is 0.223 e. The molecule has 1 aliphatic rings. The molecule has 1 amide bonds. The number of carbonyl (C=O) groups is 1. The lowest BCUT2D eigenvalue weighted by molar-refractivity contribution is -0.134. The second-order valence-corrected chi connectivity index (χ2v) is 6.25. The molecule has 0 bridgehead atoms. The van der Waals surface area contributed by atoms with Gasteiger partial charge in [-0.15, -0.1) is 0 Å². The summed E-state index contributed by atoms with van der Waals surface area (Å²) < 4.78 is 0. The predicted molar refractivity (Wildman–Crippen MR) is 91.7 cm³/mol. The van der Waals surface area contributed by atoms with E-state index in [0.717, 1.165) is 38.4 Å². The van der Waals surface area contributed by atoms with Gasteiger partial charge in [-0.3, -0.25) is 4.79 Å². The molecule has 1 unspecified atom stereocenters. The first-order valence-electron chi connectivity index (χ1n) is 8.81. The molecule has 1 N–H and O–H groups in total. The van der Waals surface area contributed by atoms with Gasteiger partial charge in [-0.25, -0.2) is 0 Å². The van der Waals surface area contributed by atoms with Crippen LogP contribution in [0.25, 0.3) is 0 Å². The van der Waals surface area contributed by atoms with Crippen molar-refractivity contribution in [1.82, 2.24) is 10.2 Å². The van der Waals surface area contributed by atoms with Gasteiger partial charge in [-0.2, -0.15) is 0 Å². The van der Waals surface area contributed by atoms with Gasteiger partial charge in [0.05, 0.1) is 6.04 Å². The SMILES string of the molecule is CCC(c1ccccc1)N(CC)C(=O)CCC1CCNCC1. The molecular weight excluding hydrogens is 272 g/mol. The molecule has 2 rings (SSSR count). The Morgan fingerprint density at radius 1 is 1.23 bits per heavy atom. The van der Waals surface area contributed by atoms with E-state index < -0.39 is 0 Å². The Hall–Kier alpha value is -1.35. The highest BCUT2D eigenvalue weighted by Gasteiger charge is 2.23. The van der Waals surface area contributed by atoms with Crippen LogP contribution in [-0.4, -0.2) is 30.4 Å². The number of nitrogens with zero attached hydrogens (tertiary/aromatic N) is 1. The summed E-state index contributed by atoms with van der Waals surface area (Å²) in [6.07, 6.45) is 5.14. The fourth-order valence-corrected chi connectivity index (χ4v) is 3.52. The molecule has 1 heterocycles. The number of carbonyl (C=O) groups excluding carboxylic acids is 1. The van der Waals surface area contributed by atoms with Crippen LogP contribution in [0, 0.1) is 5.92 Å². The zero-order valence-electron chi connectivity index (χ0n) is 14.1. The van der Waals surface area contributed by atoms with E-state index in [1.165, 1.54) is 18.4 Å². The summed E-state index contributed by atoms with van der Waals surface area (Å²) >= 11 is 0. The van der Waals surface area contributed by atoms with Crippen LogP contribution in [0.5, 0.6) is 0 Å². The van der Waals surface area contributed by atoms with Crippen molar-refractivity contribution in [1.29, 1.82) is 0 Å². The molecule has 1 saturated heterocycles. The Labute approximate surface area is 135 Å². The quantitative estimate of drug-likeness (QED) is 0.831. The molecule has 3 nitrogen and oxygen atoms in total. The third-order valence-electron chi connectivity index (χ3n) is 4.83. The van der Waals surface area contributed by atoms with Crippen molar-refractivity contribution >= 4 is 5.91 Å². The van der Waals surface area contributed by atoms with Crippen LogP contribution in [0.15, 0.2) is 30.3 Å². The molecule has 0 saturated carbocycles. The first-order valence-corrected chi connectivity index (χ1v) is 8.81. The van der Waals surface area contributed by atoms with E-state index in [9.17, 15) is 4.79 Å². The van der Waals surface area contributed by atoms with Crippen LogP contribution in [0.1, 0.15) is 57.6 Å². The number of hydrogen-bond donors (Lipinski definition) is 1. The molecule has 1 aromatic rings. The molecule has 1 aliphatic heterocycles. The van der Waals surface area contributed by atoms with E-state index in [1.807, 2.05) is 6.07 Å². The summed E-state index contributed by atoms with van der Waals surface area (Å²) in [7, 11) is 0. The van der Waals surface area contributed by atoms with E-state index in [-0.39, 0.29) is 6.04 Å². The summed E-state index contributed by atoms with van der Waals surface area (Å²) in [6.45, 7) is 7.27. The number of amides is 1. The molecule has 1 atom stereocenters. The summed E-state index contributed by atoms with van der Waals surface area (Å²) in [5, 5.41) is 3.39. The van der Waals surface area contributed by atoms with Gasteiger partial charge in [0.15, 0.2) is 0 Å². The van der Waals surface area contributed by atoms with Crippen molar-refractivity contribution in [3.63, 3.8) is 0 Å². The average Bonchev–Trinajstić information content (AvgIpc) is 2.59. The van der Waals surface area contributed by atoms with Crippen molar-refractivity contribution in [2.45, 2.75) is 52.0 Å². The maximum atomic E-state index is 12.7. The Morgan fingerprint density at radius 2 is 1.91 bits per heavy atom. The van der Waals surface area contributed by atoms with E-state index >= 15 is 0 Å². The molecule has 3 heteroatoms. The summed E-state index contributed by atoms with van der Waals surface area (Å²) in [4.78, 5) is 14.8. The van der Waals surface area contributed by atoms with Crippen LogP contribution in [0.4, 0.5) is 0 Å². The summed E-state index contributed by atoms with van der Waals surface area (Å²) in [6, 6.07) is 10.6. The molecule has 1 aromatic carbocycles. The van der Waals surface area contributed by atoms with Gasteiger partial charge >= 0.3 is 0 Å². The number of nitrogens with one attached hydrogen (secondary N) is 1. The second-order valence-electron chi connectivity index (χ2n) is 6.25. The maximum absolute atomic E-state index is 12.7. The van der Waals surface area contributed by atoms with E-state index in [4.69, 9.17) is 0 Å². The highest BCUT2D eigenvalue weighted by Crippen LogP contribution is 2.26. The maximum Gasteiger partial charge on any atom is 0.223 e. The van der Waals surface area contributed by atoms with Gasteiger partial charge < -0.3 is 10.2 Å². The Kier molecular flexibility index (Phi) is 6.91. The number of benzene rings is 1. The summed E-state index contributed by atoms with van der Waals surface area (Å²) in [5.41, 5.74) is 1.25. The van der Waals surface area contributed by atoms with Gasteiger partial charge in [0, 0.05) is 13.0 Å². The topological polar surface area (TPSA) is 32.3 Å². The average molecular weight is 302 g/mol. The van der Waals surface area contributed by atoms with Crippen LogP contribution in [0.3, 0.4) is 0 Å². The van der Waals surface area contributed by atoms with Crippen LogP contribution < -0.4 is 5.32 Å². The first-order chi connectivity index (χ1) is 10.8. The van der Waals surface area contributed by atoms with Crippen molar-refractivity contribution in [3.05, 3.63) is 35.9 Å². The minimum atomic E-state index is 0.215. The minimum absolute atomic E-state index is 0.215. The number of piperidine rings is 1. The van der Waals surface area contributed by atoms with Gasteiger partial charge in [0.25, 0.3) is 0 Å². The van der Waals surface area contributed by atoms with Crippen LogP contribution in [-0.2, 0) is 4.79 Å².